The molecule has 0 bridgehead atoms. The van der Waals surface area contributed by atoms with Crippen molar-refractivity contribution in [2.24, 2.45) is 0 Å². The van der Waals surface area contributed by atoms with Gasteiger partial charge in [0.25, 0.3) is 0 Å². The average molecular weight is 293 g/mol. The van der Waals surface area contributed by atoms with Crippen molar-refractivity contribution in [1.82, 2.24) is 5.32 Å². The number of carbonyl (C=O) groups is 1. The summed E-state index contributed by atoms with van der Waals surface area (Å²) in [5.41, 5.74) is 3.18. The molecular formula is C17H27NO3. The number of aliphatic carboxylic acids is 1. The van der Waals surface area contributed by atoms with Gasteiger partial charge in [-0.2, -0.15) is 0 Å². The van der Waals surface area contributed by atoms with Crippen molar-refractivity contribution in [3.8, 4) is 5.75 Å². The van der Waals surface area contributed by atoms with Crippen LogP contribution in [0.25, 0.3) is 0 Å². The summed E-state index contributed by atoms with van der Waals surface area (Å²) in [5.74, 6) is -0.237. The van der Waals surface area contributed by atoms with Crippen LogP contribution in [0.15, 0.2) is 12.1 Å². The lowest BCUT2D eigenvalue weighted by Gasteiger charge is -2.22. The van der Waals surface area contributed by atoms with E-state index in [2.05, 4.69) is 38.2 Å². The van der Waals surface area contributed by atoms with Crippen molar-refractivity contribution in [3.63, 3.8) is 0 Å². The molecule has 1 unspecified atom stereocenters. The van der Waals surface area contributed by atoms with Crippen molar-refractivity contribution in [3.05, 3.63) is 28.8 Å². The standard InChI is InChI=1S/C17H27NO3/c1-7-14(16(19)20)21-15-11(2)8-13(9-12(15)3)10-18-17(4,5)6/h8-9,14,18H,7,10H2,1-6H3,(H,19,20). The van der Waals surface area contributed by atoms with Gasteiger partial charge in [-0.25, -0.2) is 4.79 Å². The monoisotopic (exact) mass is 293 g/mol. The second-order valence-corrected chi connectivity index (χ2v) is 6.52. The lowest BCUT2D eigenvalue weighted by Crippen LogP contribution is -2.35. The maximum Gasteiger partial charge on any atom is 0.344 e. The second-order valence-electron chi connectivity index (χ2n) is 6.52. The molecule has 0 radical (unpaired) electrons. The minimum Gasteiger partial charge on any atom is -0.479 e. The van der Waals surface area contributed by atoms with Crippen LogP contribution < -0.4 is 10.1 Å². The summed E-state index contributed by atoms with van der Waals surface area (Å²) in [5, 5.41) is 12.6. The van der Waals surface area contributed by atoms with Crippen LogP contribution in [0, 0.1) is 13.8 Å². The summed E-state index contributed by atoms with van der Waals surface area (Å²) in [6.07, 6.45) is -0.345. The Labute approximate surface area is 127 Å². The summed E-state index contributed by atoms with van der Waals surface area (Å²) < 4.78 is 5.67. The Bertz CT molecular complexity index is 480. The predicted molar refractivity (Wildman–Crippen MR) is 84.9 cm³/mol. The van der Waals surface area contributed by atoms with Gasteiger partial charge in [0.05, 0.1) is 0 Å². The Morgan fingerprint density at radius 1 is 1.29 bits per heavy atom. The third kappa shape index (κ3) is 5.38. The molecule has 0 amide bonds. The fourth-order valence-corrected chi connectivity index (χ4v) is 2.15. The second kappa shape index (κ2) is 6.94. The first-order valence-corrected chi connectivity index (χ1v) is 7.38. The molecule has 0 aliphatic heterocycles. The van der Waals surface area contributed by atoms with Crippen LogP contribution in [0.4, 0.5) is 0 Å². The summed E-state index contributed by atoms with van der Waals surface area (Å²) in [6.45, 7) is 12.9. The SMILES string of the molecule is CCC(Oc1c(C)cc(CNC(C)(C)C)cc1C)C(=O)O. The molecule has 2 N–H and O–H groups in total. The van der Waals surface area contributed by atoms with Gasteiger partial charge in [-0.3, -0.25) is 0 Å². The molecule has 1 aromatic carbocycles. The van der Waals surface area contributed by atoms with Crippen molar-refractivity contribution < 1.29 is 14.6 Å². The average Bonchev–Trinajstić information content (AvgIpc) is 2.34. The number of carboxylic acid groups (broad SMARTS) is 1. The van der Waals surface area contributed by atoms with Crippen LogP contribution in [0.5, 0.6) is 5.75 Å². The third-order valence-electron chi connectivity index (χ3n) is 3.25. The molecule has 4 heteroatoms. The molecule has 0 saturated heterocycles. The van der Waals surface area contributed by atoms with Gasteiger partial charge >= 0.3 is 5.97 Å². The van der Waals surface area contributed by atoms with E-state index in [4.69, 9.17) is 9.84 Å². The highest BCUT2D eigenvalue weighted by atomic mass is 16.5. The topological polar surface area (TPSA) is 58.6 Å². The Hall–Kier alpha value is -1.55. The minimum absolute atomic E-state index is 0.0631. The van der Waals surface area contributed by atoms with Gasteiger partial charge in [0.15, 0.2) is 6.10 Å². The molecule has 21 heavy (non-hydrogen) atoms. The molecule has 0 heterocycles. The van der Waals surface area contributed by atoms with Gasteiger partial charge in [-0.1, -0.05) is 19.1 Å². The molecule has 1 rings (SSSR count). The predicted octanol–water partition coefficient (Wildman–Crippen LogP) is 3.43. The lowest BCUT2D eigenvalue weighted by atomic mass is 10.0. The largest absolute Gasteiger partial charge is 0.479 e. The number of nitrogens with one attached hydrogen (secondary N) is 1. The number of aryl methyl sites for hydroxylation is 2. The van der Waals surface area contributed by atoms with Gasteiger partial charge in [-0.15, -0.1) is 0 Å². The first kappa shape index (κ1) is 17.5. The van der Waals surface area contributed by atoms with Gasteiger partial charge in [0.2, 0.25) is 0 Å². The van der Waals surface area contributed by atoms with E-state index in [0.717, 1.165) is 17.7 Å². The molecule has 0 aliphatic carbocycles. The molecule has 0 spiro atoms. The van der Waals surface area contributed by atoms with Gasteiger partial charge < -0.3 is 15.2 Å². The first-order chi connectivity index (χ1) is 9.64. The Morgan fingerprint density at radius 2 is 1.81 bits per heavy atom. The quantitative estimate of drug-likeness (QED) is 0.843. The smallest absolute Gasteiger partial charge is 0.344 e. The Kier molecular flexibility index (Phi) is 5.78. The summed E-state index contributed by atoms with van der Waals surface area (Å²) in [4.78, 5) is 11.1. The number of benzene rings is 1. The summed E-state index contributed by atoms with van der Waals surface area (Å²) in [6, 6.07) is 4.10. The molecule has 0 fully saturated rings. The molecule has 4 nitrogen and oxygen atoms in total. The highest BCUT2D eigenvalue weighted by Gasteiger charge is 2.19. The van der Waals surface area contributed by atoms with Gasteiger partial charge in [0, 0.05) is 12.1 Å². The van der Waals surface area contributed by atoms with Crippen molar-refractivity contribution in [1.29, 1.82) is 0 Å². The van der Waals surface area contributed by atoms with Crippen LogP contribution in [0.3, 0.4) is 0 Å². The molecule has 1 atom stereocenters. The number of carboxylic acids is 1. The zero-order chi connectivity index (χ0) is 16.2. The van der Waals surface area contributed by atoms with Crippen LogP contribution in [-0.4, -0.2) is 22.7 Å². The van der Waals surface area contributed by atoms with E-state index in [1.54, 1.807) is 0 Å². The number of ether oxygens (including phenoxy) is 1. The molecular weight excluding hydrogens is 266 g/mol. The third-order valence-corrected chi connectivity index (χ3v) is 3.25. The van der Waals surface area contributed by atoms with Crippen molar-refractivity contribution in [2.45, 2.75) is 66.2 Å². The van der Waals surface area contributed by atoms with Crippen LogP contribution in [-0.2, 0) is 11.3 Å². The van der Waals surface area contributed by atoms with E-state index in [0.29, 0.717) is 12.2 Å². The van der Waals surface area contributed by atoms with Gasteiger partial charge in [-0.05, 0) is 57.7 Å². The highest BCUT2D eigenvalue weighted by molar-refractivity contribution is 5.72. The van der Waals surface area contributed by atoms with E-state index in [1.165, 1.54) is 5.56 Å². The lowest BCUT2D eigenvalue weighted by molar-refractivity contribution is -0.145. The summed E-state index contributed by atoms with van der Waals surface area (Å²) >= 11 is 0. The Morgan fingerprint density at radius 3 is 2.19 bits per heavy atom. The fourth-order valence-electron chi connectivity index (χ4n) is 2.15. The molecule has 0 aromatic heterocycles. The molecule has 118 valence electrons. The minimum atomic E-state index is -0.922. The molecule has 0 saturated carbocycles. The normalized spacial score (nSPS) is 13.0. The van der Waals surface area contributed by atoms with Crippen LogP contribution in [0.2, 0.25) is 0 Å². The molecule has 0 aliphatic rings. The van der Waals surface area contributed by atoms with E-state index in [-0.39, 0.29) is 5.54 Å². The van der Waals surface area contributed by atoms with Crippen molar-refractivity contribution >= 4 is 5.97 Å². The van der Waals surface area contributed by atoms with Crippen LogP contribution >= 0.6 is 0 Å². The highest BCUT2D eigenvalue weighted by Crippen LogP contribution is 2.26. The van der Waals surface area contributed by atoms with E-state index in [9.17, 15) is 4.79 Å². The number of rotatable bonds is 6. The zero-order valence-corrected chi connectivity index (χ0v) is 13.9. The first-order valence-electron chi connectivity index (χ1n) is 7.38. The van der Waals surface area contributed by atoms with Gasteiger partial charge in [0.1, 0.15) is 5.75 Å². The fraction of sp³-hybridized carbons (Fsp3) is 0.588. The maximum atomic E-state index is 11.1. The zero-order valence-electron chi connectivity index (χ0n) is 13.9. The van der Waals surface area contributed by atoms with Crippen molar-refractivity contribution in [2.75, 3.05) is 0 Å². The number of hydrogen-bond donors (Lipinski definition) is 2. The summed E-state index contributed by atoms with van der Waals surface area (Å²) in [7, 11) is 0. The van der Waals surface area contributed by atoms with E-state index < -0.39 is 12.1 Å². The number of hydrogen-bond acceptors (Lipinski definition) is 3. The molecule has 1 aromatic rings. The van der Waals surface area contributed by atoms with E-state index in [1.807, 2.05) is 20.8 Å². The maximum absolute atomic E-state index is 11.1. The van der Waals surface area contributed by atoms with Crippen LogP contribution in [0.1, 0.15) is 50.8 Å². The van der Waals surface area contributed by atoms with E-state index >= 15 is 0 Å². The Balaban J connectivity index is 2.92.